The highest BCUT2D eigenvalue weighted by atomic mass is 35.5. The summed E-state index contributed by atoms with van der Waals surface area (Å²) in [6, 6.07) is 13.4. The number of ether oxygens (including phenoxy) is 2. The van der Waals surface area contributed by atoms with Crippen molar-refractivity contribution in [3.63, 3.8) is 0 Å². The Kier molecular flexibility index (Phi) is 6.23. The molecule has 1 unspecified atom stereocenters. The van der Waals surface area contributed by atoms with Crippen LogP contribution in [0.2, 0.25) is 5.02 Å². The van der Waals surface area contributed by atoms with Gasteiger partial charge in [-0.3, -0.25) is 9.59 Å². The minimum absolute atomic E-state index is 0.0654. The van der Waals surface area contributed by atoms with Gasteiger partial charge in [0.25, 0.3) is 0 Å². The second kappa shape index (κ2) is 8.55. The number of aromatic nitrogens is 1. The van der Waals surface area contributed by atoms with Gasteiger partial charge in [-0.15, -0.1) is 0 Å². The Morgan fingerprint density at radius 1 is 1.00 bits per heavy atom. The summed E-state index contributed by atoms with van der Waals surface area (Å²) in [4.78, 5) is 39.3. The summed E-state index contributed by atoms with van der Waals surface area (Å²) >= 11 is 5.97. The topological polar surface area (TPSA) is 74.6 Å². The molecule has 0 aliphatic heterocycles. The lowest BCUT2D eigenvalue weighted by Gasteiger charge is -2.21. The predicted octanol–water partition coefficient (Wildman–Crippen LogP) is 5.59. The molecule has 0 amide bonds. The second-order valence-electron chi connectivity index (χ2n) is 8.18. The van der Waals surface area contributed by atoms with Crippen LogP contribution in [-0.4, -0.2) is 35.1 Å². The Morgan fingerprint density at radius 3 is 2.19 bits per heavy atom. The summed E-state index contributed by atoms with van der Waals surface area (Å²) < 4.78 is 11.8. The van der Waals surface area contributed by atoms with E-state index in [2.05, 4.69) is 0 Å². The van der Waals surface area contributed by atoms with Crippen molar-refractivity contribution in [3.8, 4) is 0 Å². The molecule has 31 heavy (non-hydrogen) atoms. The molecule has 0 bridgehead atoms. The highest BCUT2D eigenvalue weighted by Crippen LogP contribution is 2.35. The molecule has 2 aromatic carbocycles. The number of benzene rings is 2. The molecule has 6 nitrogen and oxygen atoms in total. The van der Waals surface area contributed by atoms with Crippen LogP contribution >= 0.6 is 11.6 Å². The van der Waals surface area contributed by atoms with Gasteiger partial charge in [0, 0.05) is 21.5 Å². The molecule has 3 rings (SSSR count). The van der Waals surface area contributed by atoms with E-state index in [1.54, 1.807) is 76.2 Å². The van der Waals surface area contributed by atoms with Crippen molar-refractivity contribution in [2.24, 2.45) is 0 Å². The molecule has 0 fully saturated rings. The molecule has 162 valence electrons. The standard InChI is InChI=1S/C24H24ClNO5/c1-14(22(28)30-5)19-17-8-6-7-9-18(17)26(23(29)31-24(2,3)4)20(19)21(27)15-10-12-16(25)13-11-15/h6-14H,1-5H3. The Bertz CT molecular complexity index is 1160. The second-order valence-corrected chi connectivity index (χ2v) is 8.61. The Labute approximate surface area is 185 Å². The molecule has 0 saturated carbocycles. The van der Waals surface area contributed by atoms with Gasteiger partial charge in [-0.25, -0.2) is 9.36 Å². The number of halogens is 1. The minimum atomic E-state index is -0.787. The first-order valence-corrected chi connectivity index (χ1v) is 10.2. The van der Waals surface area contributed by atoms with Crippen LogP contribution in [0.4, 0.5) is 4.79 Å². The van der Waals surface area contributed by atoms with Gasteiger partial charge in [0.1, 0.15) is 11.3 Å². The largest absolute Gasteiger partial charge is 0.469 e. The molecule has 0 radical (unpaired) electrons. The lowest BCUT2D eigenvalue weighted by atomic mass is 9.94. The number of methoxy groups -OCH3 is 1. The number of hydrogen-bond donors (Lipinski definition) is 0. The fraction of sp³-hybridized carbons (Fsp3) is 0.292. The van der Waals surface area contributed by atoms with Gasteiger partial charge in [-0.2, -0.15) is 0 Å². The van der Waals surface area contributed by atoms with Gasteiger partial charge in [-0.1, -0.05) is 29.8 Å². The number of hydrogen-bond acceptors (Lipinski definition) is 5. The van der Waals surface area contributed by atoms with E-state index in [1.807, 2.05) is 0 Å². The van der Waals surface area contributed by atoms with Crippen molar-refractivity contribution in [3.05, 3.63) is 70.4 Å². The molecule has 1 aromatic heterocycles. The number of rotatable bonds is 4. The van der Waals surface area contributed by atoms with Crippen molar-refractivity contribution >= 4 is 40.3 Å². The maximum atomic E-state index is 13.6. The summed E-state index contributed by atoms with van der Waals surface area (Å²) in [5.41, 5.74) is 0.496. The van der Waals surface area contributed by atoms with E-state index in [-0.39, 0.29) is 5.69 Å². The van der Waals surface area contributed by atoms with Crippen molar-refractivity contribution in [1.82, 2.24) is 4.57 Å². The Balaban J connectivity index is 2.36. The number of para-hydroxylation sites is 1. The quantitative estimate of drug-likeness (QED) is 0.390. The van der Waals surface area contributed by atoms with Gasteiger partial charge in [0.15, 0.2) is 0 Å². The fourth-order valence-corrected chi connectivity index (χ4v) is 3.58. The summed E-state index contributed by atoms with van der Waals surface area (Å²) in [7, 11) is 1.28. The minimum Gasteiger partial charge on any atom is -0.469 e. The van der Waals surface area contributed by atoms with Gasteiger partial charge >= 0.3 is 12.1 Å². The fourth-order valence-electron chi connectivity index (χ4n) is 3.46. The van der Waals surface area contributed by atoms with Crippen LogP contribution in [0.15, 0.2) is 48.5 Å². The monoisotopic (exact) mass is 441 g/mol. The highest BCUT2D eigenvalue weighted by molar-refractivity contribution is 6.30. The molecule has 1 heterocycles. The third kappa shape index (κ3) is 4.49. The first-order valence-electron chi connectivity index (χ1n) is 9.80. The number of esters is 1. The van der Waals surface area contributed by atoms with E-state index in [9.17, 15) is 14.4 Å². The number of fused-ring (bicyclic) bond motifs is 1. The van der Waals surface area contributed by atoms with E-state index in [0.29, 0.717) is 27.1 Å². The first-order chi connectivity index (χ1) is 14.5. The number of ketones is 1. The predicted molar refractivity (Wildman–Crippen MR) is 119 cm³/mol. The molecule has 3 aromatic rings. The number of carbonyl (C=O) groups excluding carboxylic acids is 3. The third-order valence-corrected chi connectivity index (χ3v) is 5.05. The maximum Gasteiger partial charge on any atom is 0.419 e. The average Bonchev–Trinajstić information content (AvgIpc) is 3.06. The summed E-state index contributed by atoms with van der Waals surface area (Å²) in [5, 5.41) is 1.08. The van der Waals surface area contributed by atoms with Crippen LogP contribution in [0.25, 0.3) is 10.9 Å². The van der Waals surface area contributed by atoms with E-state index in [0.717, 1.165) is 0 Å². The Morgan fingerprint density at radius 2 is 1.61 bits per heavy atom. The molecule has 0 spiro atoms. The molecule has 0 saturated heterocycles. The zero-order valence-corrected chi connectivity index (χ0v) is 18.8. The number of nitrogens with zero attached hydrogens (tertiary/aromatic N) is 1. The molecular formula is C24H24ClNO5. The molecule has 7 heteroatoms. The van der Waals surface area contributed by atoms with Crippen molar-refractivity contribution in [2.75, 3.05) is 7.11 Å². The molecule has 0 aliphatic carbocycles. The zero-order chi connectivity index (χ0) is 22.9. The van der Waals surface area contributed by atoms with Gasteiger partial charge in [-0.05, 0) is 58.0 Å². The van der Waals surface area contributed by atoms with Crippen LogP contribution in [-0.2, 0) is 14.3 Å². The van der Waals surface area contributed by atoms with E-state index < -0.39 is 29.4 Å². The van der Waals surface area contributed by atoms with Gasteiger partial charge in [0.2, 0.25) is 5.78 Å². The van der Waals surface area contributed by atoms with Crippen molar-refractivity contribution in [1.29, 1.82) is 0 Å². The van der Waals surface area contributed by atoms with Crippen LogP contribution in [0, 0.1) is 0 Å². The zero-order valence-electron chi connectivity index (χ0n) is 18.1. The normalized spacial score (nSPS) is 12.5. The van der Waals surface area contributed by atoms with Crippen LogP contribution in [0.5, 0.6) is 0 Å². The van der Waals surface area contributed by atoms with Crippen LogP contribution < -0.4 is 0 Å². The summed E-state index contributed by atoms with van der Waals surface area (Å²) in [6.07, 6.45) is -0.704. The van der Waals surface area contributed by atoms with Gasteiger partial charge in [0.05, 0.1) is 18.5 Å². The van der Waals surface area contributed by atoms with Crippen molar-refractivity contribution in [2.45, 2.75) is 39.2 Å². The lowest BCUT2D eigenvalue weighted by Crippen LogP contribution is -2.29. The lowest BCUT2D eigenvalue weighted by molar-refractivity contribution is -0.141. The smallest absolute Gasteiger partial charge is 0.419 e. The summed E-state index contributed by atoms with van der Waals surface area (Å²) in [5.74, 6) is -1.73. The Hall–Kier alpha value is -3.12. The third-order valence-electron chi connectivity index (χ3n) is 4.80. The SMILES string of the molecule is COC(=O)C(C)c1c(C(=O)c2ccc(Cl)cc2)n(C(=O)OC(C)(C)C)c2ccccc12. The first kappa shape index (κ1) is 22.6. The van der Waals surface area contributed by atoms with E-state index in [4.69, 9.17) is 21.1 Å². The van der Waals surface area contributed by atoms with E-state index in [1.165, 1.54) is 11.7 Å². The van der Waals surface area contributed by atoms with Crippen molar-refractivity contribution < 1.29 is 23.9 Å². The average molecular weight is 442 g/mol. The highest BCUT2D eigenvalue weighted by Gasteiger charge is 2.34. The number of carbonyl (C=O) groups is 3. The molecule has 1 atom stereocenters. The summed E-state index contributed by atoms with van der Waals surface area (Å²) in [6.45, 7) is 6.88. The molecule has 0 N–H and O–H groups in total. The van der Waals surface area contributed by atoms with Crippen LogP contribution in [0.3, 0.4) is 0 Å². The molecular weight excluding hydrogens is 418 g/mol. The van der Waals surface area contributed by atoms with Gasteiger partial charge < -0.3 is 9.47 Å². The van der Waals surface area contributed by atoms with E-state index >= 15 is 0 Å². The molecule has 0 aliphatic rings. The van der Waals surface area contributed by atoms with Crippen LogP contribution in [0.1, 0.15) is 55.2 Å². The maximum absolute atomic E-state index is 13.6.